The minimum atomic E-state index is 0.353. The number of aldehydes is 1. The lowest BCUT2D eigenvalue weighted by atomic mass is 10.3. The van der Waals surface area contributed by atoms with Gasteiger partial charge in [0.25, 0.3) is 0 Å². The van der Waals surface area contributed by atoms with E-state index in [-0.39, 0.29) is 0 Å². The van der Waals surface area contributed by atoms with Crippen molar-refractivity contribution in [3.63, 3.8) is 0 Å². The Morgan fingerprint density at radius 3 is 2.92 bits per heavy atom. The summed E-state index contributed by atoms with van der Waals surface area (Å²) >= 11 is 0. The van der Waals surface area contributed by atoms with Crippen LogP contribution >= 0.6 is 0 Å². The number of ether oxygens (including phenoxy) is 1. The van der Waals surface area contributed by atoms with Crippen LogP contribution in [0.5, 0.6) is 5.75 Å². The van der Waals surface area contributed by atoms with Gasteiger partial charge in [0.1, 0.15) is 6.26 Å². The molecule has 1 aromatic rings. The maximum Gasteiger partial charge on any atom is 0.185 e. The van der Waals surface area contributed by atoms with Crippen LogP contribution < -0.4 is 4.74 Å². The second-order valence-electron chi connectivity index (χ2n) is 2.91. The van der Waals surface area contributed by atoms with Crippen molar-refractivity contribution >= 4 is 6.29 Å². The van der Waals surface area contributed by atoms with Gasteiger partial charge in [-0.15, -0.1) is 0 Å². The van der Waals surface area contributed by atoms with Crippen LogP contribution in [0.15, 0.2) is 10.7 Å². The van der Waals surface area contributed by atoms with Crippen molar-refractivity contribution in [3.8, 4) is 5.75 Å². The molecule has 0 aliphatic rings. The fourth-order valence-corrected chi connectivity index (χ4v) is 1.00. The number of furan rings is 1. The molecule has 0 N–H and O–H groups in total. The molecule has 0 atom stereocenters. The van der Waals surface area contributed by atoms with Crippen molar-refractivity contribution < 1.29 is 13.9 Å². The van der Waals surface area contributed by atoms with Crippen LogP contribution in [0.3, 0.4) is 0 Å². The average Bonchev–Trinajstić information content (AvgIpc) is 2.48. The second kappa shape index (κ2) is 4.70. The SMILES string of the molecule is CCCCOc1coc(C=O)c1C. The number of carbonyl (C=O) groups is 1. The molecular formula is C10H14O3. The summed E-state index contributed by atoms with van der Waals surface area (Å²) in [7, 11) is 0. The van der Waals surface area contributed by atoms with E-state index in [0.717, 1.165) is 18.4 Å². The Labute approximate surface area is 77.7 Å². The summed E-state index contributed by atoms with van der Waals surface area (Å²) in [5.41, 5.74) is 0.783. The molecular weight excluding hydrogens is 168 g/mol. The van der Waals surface area contributed by atoms with Crippen LogP contribution in [0.4, 0.5) is 0 Å². The highest BCUT2D eigenvalue weighted by Crippen LogP contribution is 2.22. The Balaban J connectivity index is 2.56. The highest BCUT2D eigenvalue weighted by atomic mass is 16.5. The third-order valence-electron chi connectivity index (χ3n) is 1.89. The average molecular weight is 182 g/mol. The fourth-order valence-electron chi connectivity index (χ4n) is 1.00. The van der Waals surface area contributed by atoms with E-state index in [1.807, 2.05) is 6.92 Å². The van der Waals surface area contributed by atoms with E-state index < -0.39 is 0 Å². The Morgan fingerprint density at radius 2 is 2.38 bits per heavy atom. The van der Waals surface area contributed by atoms with Crippen molar-refractivity contribution in [1.82, 2.24) is 0 Å². The van der Waals surface area contributed by atoms with E-state index in [0.29, 0.717) is 24.4 Å². The molecule has 0 saturated carbocycles. The van der Waals surface area contributed by atoms with Gasteiger partial charge < -0.3 is 9.15 Å². The molecule has 72 valence electrons. The smallest absolute Gasteiger partial charge is 0.185 e. The van der Waals surface area contributed by atoms with Gasteiger partial charge in [0, 0.05) is 5.56 Å². The molecule has 0 aliphatic carbocycles. The summed E-state index contributed by atoms with van der Waals surface area (Å²) < 4.78 is 10.4. The molecule has 0 bridgehead atoms. The van der Waals surface area contributed by atoms with Crippen molar-refractivity contribution in [2.24, 2.45) is 0 Å². The van der Waals surface area contributed by atoms with Gasteiger partial charge in [-0.3, -0.25) is 4.79 Å². The van der Waals surface area contributed by atoms with Gasteiger partial charge in [0.2, 0.25) is 0 Å². The van der Waals surface area contributed by atoms with Gasteiger partial charge in [0.05, 0.1) is 6.61 Å². The van der Waals surface area contributed by atoms with Crippen LogP contribution in [-0.2, 0) is 0 Å². The summed E-state index contributed by atoms with van der Waals surface area (Å²) in [6.45, 7) is 4.59. The Kier molecular flexibility index (Phi) is 3.55. The third kappa shape index (κ3) is 2.34. The zero-order chi connectivity index (χ0) is 9.68. The lowest BCUT2D eigenvalue weighted by Gasteiger charge is -2.01. The third-order valence-corrected chi connectivity index (χ3v) is 1.89. The predicted octanol–water partition coefficient (Wildman–Crippen LogP) is 2.58. The molecule has 0 radical (unpaired) electrons. The molecule has 0 saturated heterocycles. The van der Waals surface area contributed by atoms with E-state index >= 15 is 0 Å². The minimum absolute atomic E-state index is 0.353. The zero-order valence-corrected chi connectivity index (χ0v) is 8.00. The van der Waals surface area contributed by atoms with Gasteiger partial charge in [-0.05, 0) is 13.3 Å². The molecule has 0 aromatic carbocycles. The first-order chi connectivity index (χ1) is 6.29. The van der Waals surface area contributed by atoms with E-state index in [4.69, 9.17) is 9.15 Å². The van der Waals surface area contributed by atoms with E-state index in [2.05, 4.69) is 6.92 Å². The fraction of sp³-hybridized carbons (Fsp3) is 0.500. The summed E-state index contributed by atoms with van der Waals surface area (Å²) in [5.74, 6) is 1.03. The molecule has 0 unspecified atom stereocenters. The molecule has 0 spiro atoms. The monoisotopic (exact) mass is 182 g/mol. The van der Waals surface area contributed by atoms with Gasteiger partial charge in [-0.2, -0.15) is 0 Å². The van der Waals surface area contributed by atoms with Crippen LogP contribution in [0, 0.1) is 6.92 Å². The van der Waals surface area contributed by atoms with Crippen molar-refractivity contribution in [2.45, 2.75) is 26.7 Å². The van der Waals surface area contributed by atoms with E-state index in [1.165, 1.54) is 6.26 Å². The van der Waals surface area contributed by atoms with Gasteiger partial charge in [0.15, 0.2) is 17.8 Å². The molecule has 1 aromatic heterocycles. The molecule has 13 heavy (non-hydrogen) atoms. The van der Waals surface area contributed by atoms with Crippen molar-refractivity contribution in [2.75, 3.05) is 6.61 Å². The van der Waals surface area contributed by atoms with Gasteiger partial charge in [-0.25, -0.2) is 0 Å². The van der Waals surface area contributed by atoms with Gasteiger partial charge >= 0.3 is 0 Å². The van der Waals surface area contributed by atoms with Crippen LogP contribution in [0.1, 0.15) is 35.9 Å². The summed E-state index contributed by atoms with van der Waals surface area (Å²) in [6.07, 6.45) is 4.29. The lowest BCUT2D eigenvalue weighted by Crippen LogP contribution is -1.96. The molecule has 1 heterocycles. The summed E-state index contributed by atoms with van der Waals surface area (Å²) in [5, 5.41) is 0. The number of unbranched alkanes of at least 4 members (excludes halogenated alkanes) is 1. The Bertz CT molecular complexity index is 276. The van der Waals surface area contributed by atoms with Crippen LogP contribution in [-0.4, -0.2) is 12.9 Å². The first kappa shape index (κ1) is 9.84. The normalized spacial score (nSPS) is 10.0. The summed E-state index contributed by atoms with van der Waals surface area (Å²) in [6, 6.07) is 0. The molecule has 0 aliphatic heterocycles. The van der Waals surface area contributed by atoms with Crippen LogP contribution in [0.2, 0.25) is 0 Å². The number of carbonyl (C=O) groups excluding carboxylic acids is 1. The Morgan fingerprint density at radius 1 is 1.62 bits per heavy atom. The number of hydrogen-bond donors (Lipinski definition) is 0. The Hall–Kier alpha value is -1.25. The highest BCUT2D eigenvalue weighted by Gasteiger charge is 2.08. The highest BCUT2D eigenvalue weighted by molar-refractivity contribution is 5.74. The maximum absolute atomic E-state index is 10.4. The minimum Gasteiger partial charge on any atom is -0.490 e. The van der Waals surface area contributed by atoms with E-state index in [9.17, 15) is 4.79 Å². The predicted molar refractivity (Wildman–Crippen MR) is 49.2 cm³/mol. The second-order valence-corrected chi connectivity index (χ2v) is 2.91. The van der Waals surface area contributed by atoms with Crippen LogP contribution in [0.25, 0.3) is 0 Å². The first-order valence-corrected chi connectivity index (χ1v) is 4.45. The standard InChI is InChI=1S/C10H14O3/c1-3-4-5-12-10-7-13-9(6-11)8(10)2/h6-7H,3-5H2,1-2H3. The molecule has 3 nitrogen and oxygen atoms in total. The molecule has 3 heteroatoms. The molecule has 0 amide bonds. The van der Waals surface area contributed by atoms with E-state index in [1.54, 1.807) is 0 Å². The van der Waals surface area contributed by atoms with Crippen molar-refractivity contribution in [1.29, 1.82) is 0 Å². The first-order valence-electron chi connectivity index (χ1n) is 4.45. The molecule has 0 fully saturated rings. The zero-order valence-electron chi connectivity index (χ0n) is 8.00. The topological polar surface area (TPSA) is 39.4 Å². The largest absolute Gasteiger partial charge is 0.490 e. The number of rotatable bonds is 5. The number of hydrogen-bond acceptors (Lipinski definition) is 3. The quantitative estimate of drug-likeness (QED) is 0.519. The summed E-state index contributed by atoms with van der Waals surface area (Å²) in [4.78, 5) is 10.4. The van der Waals surface area contributed by atoms with Gasteiger partial charge in [-0.1, -0.05) is 13.3 Å². The van der Waals surface area contributed by atoms with Crippen molar-refractivity contribution in [3.05, 3.63) is 17.6 Å². The molecule has 1 rings (SSSR count). The lowest BCUT2D eigenvalue weighted by molar-refractivity contribution is 0.110. The maximum atomic E-state index is 10.4.